The van der Waals surface area contributed by atoms with Gasteiger partial charge < -0.3 is 9.41 Å². The number of benzene rings is 1. The van der Waals surface area contributed by atoms with Gasteiger partial charge in [-0.2, -0.15) is 0 Å². The summed E-state index contributed by atoms with van der Waals surface area (Å²) in [5.74, 6) is 0.740. The molecule has 0 nitrogen and oxygen atoms in total. The van der Waals surface area contributed by atoms with Crippen molar-refractivity contribution in [3.05, 3.63) is 38.7 Å². The Morgan fingerprint density at radius 1 is 1.19 bits per heavy atom. The molecule has 2 rings (SSSR count). The van der Waals surface area contributed by atoms with Crippen molar-refractivity contribution in [3.63, 3.8) is 0 Å². The van der Waals surface area contributed by atoms with Gasteiger partial charge in [0, 0.05) is 0 Å². The van der Waals surface area contributed by atoms with E-state index in [1.165, 1.54) is 24.8 Å². The van der Waals surface area contributed by atoms with Gasteiger partial charge in [0.25, 0.3) is 0 Å². The normalized spacial score (nSPS) is 16.9. The molecule has 1 aliphatic rings. The molecular weight excluding hydrogens is 285 g/mol. The Bertz CT molecular complexity index is 361. The van der Waals surface area contributed by atoms with Gasteiger partial charge in [0.1, 0.15) is 0 Å². The third-order valence-corrected chi connectivity index (χ3v) is 4.12. The fourth-order valence-corrected chi connectivity index (χ4v) is 3.23. The summed E-state index contributed by atoms with van der Waals surface area (Å²) in [6.07, 6.45) is 6.38. The topological polar surface area (TPSA) is 0 Å². The largest absolute Gasteiger partial charge is 1.00 e. The van der Waals surface area contributed by atoms with Crippen molar-refractivity contribution in [2.45, 2.75) is 32.1 Å². The van der Waals surface area contributed by atoms with E-state index in [0.29, 0.717) is 0 Å². The second kappa shape index (κ2) is 7.11. The molecular formula is C13H15F2Zr. The van der Waals surface area contributed by atoms with Crippen LogP contribution in [0, 0.1) is 0 Å². The molecule has 1 unspecified atom stereocenters. The van der Waals surface area contributed by atoms with E-state index in [1.807, 2.05) is 0 Å². The van der Waals surface area contributed by atoms with Crippen LogP contribution < -0.4 is 9.41 Å². The first-order valence-corrected chi connectivity index (χ1v) is 6.58. The van der Waals surface area contributed by atoms with Crippen molar-refractivity contribution in [3.8, 4) is 0 Å². The zero-order chi connectivity index (χ0) is 9.97. The Kier molecular flexibility index (Phi) is 6.98. The van der Waals surface area contributed by atoms with E-state index >= 15 is 0 Å². The molecule has 3 heteroatoms. The maximum Gasteiger partial charge on any atom is -1.00 e. The van der Waals surface area contributed by atoms with Gasteiger partial charge in [0.15, 0.2) is 0 Å². The van der Waals surface area contributed by atoms with Gasteiger partial charge in [-0.1, -0.05) is 0 Å². The van der Waals surface area contributed by atoms with Crippen LogP contribution in [0.4, 0.5) is 0 Å². The molecule has 0 N–H and O–H groups in total. The van der Waals surface area contributed by atoms with Gasteiger partial charge in [0.2, 0.25) is 0 Å². The molecule has 0 spiro atoms. The fraction of sp³-hybridized carbons (Fsp3) is 0.385. The predicted octanol–water partition coefficient (Wildman–Crippen LogP) is -2.13. The van der Waals surface area contributed by atoms with Gasteiger partial charge in [-0.05, 0) is 0 Å². The van der Waals surface area contributed by atoms with Gasteiger partial charge in [-0.15, -0.1) is 0 Å². The predicted molar refractivity (Wildman–Crippen MR) is 56.7 cm³/mol. The molecule has 85 valence electrons. The smallest absolute Gasteiger partial charge is 1.00 e. The Balaban J connectivity index is 0.00000112. The van der Waals surface area contributed by atoms with Crippen LogP contribution in [0.2, 0.25) is 0 Å². The van der Waals surface area contributed by atoms with E-state index in [-0.39, 0.29) is 9.41 Å². The molecule has 0 radical (unpaired) electrons. The first kappa shape index (κ1) is 15.7. The van der Waals surface area contributed by atoms with Crippen molar-refractivity contribution >= 4 is 6.08 Å². The molecule has 0 saturated heterocycles. The second-order valence-corrected chi connectivity index (χ2v) is 5.34. The van der Waals surface area contributed by atoms with E-state index in [0.717, 1.165) is 5.92 Å². The number of rotatable bonds is 3. The van der Waals surface area contributed by atoms with Crippen molar-refractivity contribution < 1.29 is 34.1 Å². The molecule has 0 amide bonds. The van der Waals surface area contributed by atoms with Crippen molar-refractivity contribution in [2.75, 3.05) is 0 Å². The van der Waals surface area contributed by atoms with E-state index in [4.69, 9.17) is 0 Å². The molecule has 0 bridgehead atoms. The number of allylic oxidation sites excluding steroid dienone is 1. The molecule has 0 aromatic heterocycles. The summed E-state index contributed by atoms with van der Waals surface area (Å²) in [6, 6.07) is 8.84. The molecule has 16 heavy (non-hydrogen) atoms. The Hall–Kier alpha value is -0.297. The fourth-order valence-electron chi connectivity index (χ4n) is 2.11. The third-order valence-electron chi connectivity index (χ3n) is 2.90. The van der Waals surface area contributed by atoms with Gasteiger partial charge >= 0.3 is 102 Å². The average Bonchev–Trinajstić information content (AvgIpc) is 2.51. The van der Waals surface area contributed by atoms with E-state index < -0.39 is 0 Å². The number of fused-ring (bicyclic) bond motifs is 1. The summed E-state index contributed by atoms with van der Waals surface area (Å²) in [7, 11) is 0. The monoisotopic (exact) mass is 299 g/mol. The van der Waals surface area contributed by atoms with Crippen LogP contribution >= 0.6 is 0 Å². The maximum atomic E-state index is 2.38. The summed E-state index contributed by atoms with van der Waals surface area (Å²) in [6.45, 7) is 2.27. The molecule has 1 atom stereocenters. The Morgan fingerprint density at radius 2 is 1.88 bits per heavy atom. The molecule has 1 aliphatic carbocycles. The average molecular weight is 300 g/mol. The van der Waals surface area contributed by atoms with Crippen LogP contribution in [-0.4, -0.2) is 0 Å². The summed E-state index contributed by atoms with van der Waals surface area (Å²) >= 11 is 1.59. The van der Waals surface area contributed by atoms with Crippen LogP contribution in [0.1, 0.15) is 43.2 Å². The van der Waals surface area contributed by atoms with Crippen molar-refractivity contribution in [1.29, 1.82) is 0 Å². The minimum atomic E-state index is 0. The maximum absolute atomic E-state index is 2.38. The minimum absolute atomic E-state index is 0. The minimum Gasteiger partial charge on any atom is -1.00 e. The van der Waals surface area contributed by atoms with Gasteiger partial charge in [0.05, 0.1) is 0 Å². The SMILES string of the molecule is CCCCC1[C]([Zr+2])=Cc2ccccc21.[F-].[F-]. The van der Waals surface area contributed by atoms with E-state index in [9.17, 15) is 0 Å². The number of halogens is 2. The molecule has 0 heterocycles. The van der Waals surface area contributed by atoms with Crippen LogP contribution in [0.3, 0.4) is 0 Å². The Morgan fingerprint density at radius 3 is 2.56 bits per heavy atom. The quantitative estimate of drug-likeness (QED) is 0.598. The van der Waals surface area contributed by atoms with Crippen LogP contribution in [-0.2, 0) is 24.7 Å². The molecule has 0 aliphatic heterocycles. The number of hydrogen-bond donors (Lipinski definition) is 0. The second-order valence-electron chi connectivity index (χ2n) is 3.92. The first-order valence-electron chi connectivity index (χ1n) is 5.35. The first-order chi connectivity index (χ1) is 6.83. The zero-order valence-electron chi connectivity index (χ0n) is 9.34. The molecule has 1 aromatic rings. The zero-order valence-corrected chi connectivity index (χ0v) is 11.8. The summed E-state index contributed by atoms with van der Waals surface area (Å²) < 4.78 is 1.63. The van der Waals surface area contributed by atoms with E-state index in [2.05, 4.69) is 37.3 Å². The summed E-state index contributed by atoms with van der Waals surface area (Å²) in [4.78, 5) is 0. The van der Waals surface area contributed by atoms with Crippen molar-refractivity contribution in [1.82, 2.24) is 0 Å². The molecule has 0 fully saturated rings. The van der Waals surface area contributed by atoms with Crippen LogP contribution in [0.5, 0.6) is 0 Å². The van der Waals surface area contributed by atoms with Crippen molar-refractivity contribution in [2.24, 2.45) is 0 Å². The third kappa shape index (κ3) is 3.10. The van der Waals surface area contributed by atoms with Gasteiger partial charge in [-0.3, -0.25) is 0 Å². The van der Waals surface area contributed by atoms with Crippen LogP contribution in [0.25, 0.3) is 6.08 Å². The summed E-state index contributed by atoms with van der Waals surface area (Å²) in [5, 5.41) is 0. The van der Waals surface area contributed by atoms with Crippen LogP contribution in [0.15, 0.2) is 27.5 Å². The Labute approximate surface area is 111 Å². The standard InChI is InChI=1S/C13H15.2FH.Zr/c1-2-3-6-11-9-10-12-7-4-5-8-13(11)12;;;/h4-5,7-8,10-11H,2-3,6H2,1H3;2*1H;/q;;;+2/p-2. The van der Waals surface area contributed by atoms with Gasteiger partial charge in [-0.25, -0.2) is 0 Å². The molecule has 1 aromatic carbocycles. The summed E-state index contributed by atoms with van der Waals surface area (Å²) in [5.41, 5.74) is 3.02. The number of hydrogen-bond acceptors (Lipinski definition) is 0. The van der Waals surface area contributed by atoms with E-state index in [1.54, 1.807) is 33.6 Å². The molecule has 0 saturated carbocycles. The number of unbranched alkanes of at least 4 members (excludes halogenated alkanes) is 1.